The molecule has 1 aromatic rings. The lowest BCUT2D eigenvalue weighted by molar-refractivity contribution is 0.0724. The van der Waals surface area contributed by atoms with Crippen molar-refractivity contribution in [3.8, 4) is 0 Å². The molecule has 0 aliphatic rings. The van der Waals surface area contributed by atoms with Gasteiger partial charge < -0.3 is 10.2 Å². The van der Waals surface area contributed by atoms with Gasteiger partial charge in [0.25, 0.3) is 5.91 Å². The average Bonchev–Trinajstić information content (AvgIpc) is 2.45. The third-order valence-electron chi connectivity index (χ3n) is 3.43. The zero-order valence-electron chi connectivity index (χ0n) is 12.4. The topological polar surface area (TPSA) is 45.2 Å². The maximum absolute atomic E-state index is 12.5. The van der Waals surface area contributed by atoms with Crippen LogP contribution < -0.4 is 5.32 Å². The molecule has 0 radical (unpaired) electrons. The lowest BCUT2D eigenvalue weighted by Crippen LogP contribution is -2.36. The Morgan fingerprint density at radius 3 is 2.63 bits per heavy atom. The fourth-order valence-corrected chi connectivity index (χ4v) is 2.17. The number of amides is 1. The Kier molecular flexibility index (Phi) is 6.33. The molecule has 0 saturated heterocycles. The highest BCUT2D eigenvalue weighted by Gasteiger charge is 2.20. The number of carbonyl (C=O) groups excluding carboxylic acids is 1. The summed E-state index contributed by atoms with van der Waals surface area (Å²) in [6.07, 6.45) is 6.33. The second kappa shape index (κ2) is 7.77. The van der Waals surface area contributed by atoms with Gasteiger partial charge in [0.05, 0.1) is 11.3 Å². The minimum atomic E-state index is 0.0420. The molecule has 1 amide bonds. The quantitative estimate of drug-likeness (QED) is 0.822. The fraction of sp³-hybridized carbons (Fsp3) is 0.600. The predicted molar refractivity (Wildman–Crippen MR) is 79.5 cm³/mol. The monoisotopic (exact) mass is 263 g/mol. The Labute approximate surface area is 116 Å². The number of carbonyl (C=O) groups is 1. The molecule has 0 bridgehead atoms. The lowest BCUT2D eigenvalue weighted by atomic mass is 10.1. The second-order valence-electron chi connectivity index (χ2n) is 4.73. The van der Waals surface area contributed by atoms with Gasteiger partial charge in [-0.3, -0.25) is 9.78 Å². The van der Waals surface area contributed by atoms with E-state index in [9.17, 15) is 4.79 Å². The van der Waals surface area contributed by atoms with Gasteiger partial charge in [0.15, 0.2) is 0 Å². The zero-order chi connectivity index (χ0) is 14.3. The maximum Gasteiger partial charge on any atom is 0.257 e. The highest BCUT2D eigenvalue weighted by atomic mass is 16.2. The molecule has 0 aromatic carbocycles. The van der Waals surface area contributed by atoms with Crippen LogP contribution in [-0.2, 0) is 0 Å². The Bertz CT molecular complexity index is 402. The molecule has 19 heavy (non-hydrogen) atoms. The van der Waals surface area contributed by atoms with Crippen LogP contribution >= 0.6 is 0 Å². The van der Waals surface area contributed by atoms with Crippen molar-refractivity contribution < 1.29 is 4.79 Å². The number of pyridine rings is 1. The fourth-order valence-electron chi connectivity index (χ4n) is 2.17. The van der Waals surface area contributed by atoms with Crippen molar-refractivity contribution >= 4 is 11.6 Å². The predicted octanol–water partition coefficient (Wildman–Crippen LogP) is 3.16. The summed E-state index contributed by atoms with van der Waals surface area (Å²) in [5.41, 5.74) is 1.53. The van der Waals surface area contributed by atoms with Crippen molar-refractivity contribution in [2.24, 2.45) is 0 Å². The minimum Gasteiger partial charge on any atom is -0.384 e. The first-order valence-corrected chi connectivity index (χ1v) is 7.10. The van der Waals surface area contributed by atoms with Crippen LogP contribution in [0.4, 0.5) is 5.69 Å². The summed E-state index contributed by atoms with van der Waals surface area (Å²) in [7, 11) is 1.87. The van der Waals surface area contributed by atoms with E-state index < -0.39 is 0 Å². The van der Waals surface area contributed by atoms with Crippen LogP contribution in [0.1, 0.15) is 50.4 Å². The van der Waals surface area contributed by atoms with E-state index >= 15 is 0 Å². The zero-order valence-corrected chi connectivity index (χ0v) is 12.4. The molecule has 4 nitrogen and oxygen atoms in total. The van der Waals surface area contributed by atoms with Gasteiger partial charge in [-0.2, -0.15) is 0 Å². The third kappa shape index (κ3) is 3.94. The standard InChI is InChI=1S/C15H25N3O/c1-5-9-17-14-8-10-16-11-13(14)15(19)18(4)12(6-2)7-3/h8,10-12H,5-7,9H2,1-4H3,(H,16,17). The molecule has 0 aliphatic carbocycles. The van der Waals surface area contributed by atoms with Crippen LogP contribution in [0.15, 0.2) is 18.5 Å². The molecule has 4 heteroatoms. The normalized spacial score (nSPS) is 10.6. The number of nitrogens with one attached hydrogen (secondary N) is 1. The second-order valence-corrected chi connectivity index (χ2v) is 4.73. The molecule has 1 rings (SSSR count). The van der Waals surface area contributed by atoms with Gasteiger partial charge in [0.1, 0.15) is 0 Å². The third-order valence-corrected chi connectivity index (χ3v) is 3.43. The summed E-state index contributed by atoms with van der Waals surface area (Å²) in [4.78, 5) is 18.4. The summed E-state index contributed by atoms with van der Waals surface area (Å²) < 4.78 is 0. The van der Waals surface area contributed by atoms with Gasteiger partial charge in [0, 0.05) is 32.0 Å². The molecular weight excluding hydrogens is 238 g/mol. The lowest BCUT2D eigenvalue weighted by Gasteiger charge is -2.27. The van der Waals surface area contributed by atoms with Gasteiger partial charge in [0.2, 0.25) is 0 Å². The highest BCUT2D eigenvalue weighted by molar-refractivity contribution is 5.99. The summed E-state index contributed by atoms with van der Waals surface area (Å²) in [5.74, 6) is 0.0420. The highest BCUT2D eigenvalue weighted by Crippen LogP contribution is 2.18. The Morgan fingerprint density at radius 2 is 2.05 bits per heavy atom. The van der Waals surface area contributed by atoms with Gasteiger partial charge >= 0.3 is 0 Å². The summed E-state index contributed by atoms with van der Waals surface area (Å²) in [6, 6.07) is 2.15. The SMILES string of the molecule is CCCNc1ccncc1C(=O)N(C)C(CC)CC. The van der Waals surface area contributed by atoms with E-state index in [1.165, 1.54) is 0 Å². The van der Waals surface area contributed by atoms with Gasteiger partial charge in [-0.1, -0.05) is 20.8 Å². The van der Waals surface area contributed by atoms with Crippen molar-refractivity contribution in [3.05, 3.63) is 24.0 Å². The number of hydrogen-bond donors (Lipinski definition) is 1. The molecular formula is C15H25N3O. The van der Waals surface area contributed by atoms with Crippen molar-refractivity contribution in [2.45, 2.75) is 46.1 Å². The molecule has 0 spiro atoms. The van der Waals surface area contributed by atoms with E-state index in [1.807, 2.05) is 18.0 Å². The summed E-state index contributed by atoms with van der Waals surface area (Å²) in [5, 5.41) is 3.29. The first-order chi connectivity index (χ1) is 9.15. The first-order valence-electron chi connectivity index (χ1n) is 7.10. The molecule has 0 aliphatic heterocycles. The van der Waals surface area contributed by atoms with Crippen LogP contribution in [0, 0.1) is 0 Å². The van der Waals surface area contributed by atoms with Crippen LogP contribution in [0.3, 0.4) is 0 Å². The van der Waals surface area contributed by atoms with E-state index in [2.05, 4.69) is 31.1 Å². The molecule has 1 N–H and O–H groups in total. The molecule has 1 aromatic heterocycles. The first kappa shape index (κ1) is 15.5. The number of anilines is 1. The van der Waals surface area contributed by atoms with Gasteiger partial charge in [-0.05, 0) is 25.3 Å². The summed E-state index contributed by atoms with van der Waals surface area (Å²) in [6.45, 7) is 7.18. The van der Waals surface area contributed by atoms with Crippen LogP contribution in [0.5, 0.6) is 0 Å². The maximum atomic E-state index is 12.5. The number of rotatable bonds is 7. The van der Waals surface area contributed by atoms with E-state index in [-0.39, 0.29) is 11.9 Å². The average molecular weight is 263 g/mol. The van der Waals surface area contributed by atoms with Gasteiger partial charge in [-0.25, -0.2) is 0 Å². The smallest absolute Gasteiger partial charge is 0.257 e. The Balaban J connectivity index is 2.92. The van der Waals surface area contributed by atoms with Crippen LogP contribution in [0.25, 0.3) is 0 Å². The number of hydrogen-bond acceptors (Lipinski definition) is 3. The number of nitrogens with zero attached hydrogens (tertiary/aromatic N) is 2. The van der Waals surface area contributed by atoms with E-state index in [0.717, 1.165) is 31.5 Å². The molecule has 1 heterocycles. The minimum absolute atomic E-state index is 0.0420. The van der Waals surface area contributed by atoms with E-state index in [1.54, 1.807) is 12.4 Å². The Hall–Kier alpha value is -1.58. The largest absolute Gasteiger partial charge is 0.384 e. The molecule has 0 saturated carbocycles. The van der Waals surface area contributed by atoms with E-state index in [4.69, 9.17) is 0 Å². The van der Waals surface area contributed by atoms with Crippen molar-refractivity contribution in [3.63, 3.8) is 0 Å². The number of aromatic nitrogens is 1. The summed E-state index contributed by atoms with van der Waals surface area (Å²) >= 11 is 0. The molecule has 0 atom stereocenters. The molecule has 0 unspecified atom stereocenters. The van der Waals surface area contributed by atoms with Crippen LogP contribution in [0.2, 0.25) is 0 Å². The van der Waals surface area contributed by atoms with E-state index in [0.29, 0.717) is 5.56 Å². The molecule has 106 valence electrons. The van der Waals surface area contributed by atoms with Crippen molar-refractivity contribution in [2.75, 3.05) is 18.9 Å². The molecule has 0 fully saturated rings. The Morgan fingerprint density at radius 1 is 1.37 bits per heavy atom. The van der Waals surface area contributed by atoms with Gasteiger partial charge in [-0.15, -0.1) is 0 Å². The van der Waals surface area contributed by atoms with Crippen LogP contribution in [-0.4, -0.2) is 35.4 Å². The van der Waals surface area contributed by atoms with Crippen molar-refractivity contribution in [1.82, 2.24) is 9.88 Å². The van der Waals surface area contributed by atoms with Crippen molar-refractivity contribution in [1.29, 1.82) is 0 Å².